The van der Waals surface area contributed by atoms with Crippen molar-refractivity contribution in [3.8, 4) is 0 Å². The van der Waals surface area contributed by atoms with Crippen molar-refractivity contribution >= 4 is 23.2 Å². The van der Waals surface area contributed by atoms with E-state index in [4.69, 9.17) is 0 Å². The number of pyridine rings is 1. The van der Waals surface area contributed by atoms with Crippen molar-refractivity contribution in [3.05, 3.63) is 51.5 Å². The fourth-order valence-electron chi connectivity index (χ4n) is 2.85. The number of hydrogen-bond acceptors (Lipinski definition) is 4. The van der Waals surface area contributed by atoms with Gasteiger partial charge in [-0.25, -0.2) is 0 Å². The standard InChI is InChI=1S/C18H21N3O2S/c1-12(14-7-4-5-9-19-14)21-17(22)11-20-18(23)16-10-13-6-2-3-8-15(13)24-16/h4-5,7,9-10,12H,2-3,6,8,11H2,1H3,(H,20,23)(H,21,22)/t12-/m1/s1. The lowest BCUT2D eigenvalue weighted by molar-refractivity contribution is -0.120. The van der Waals surface area contributed by atoms with Crippen molar-refractivity contribution in [3.63, 3.8) is 0 Å². The Balaban J connectivity index is 1.50. The van der Waals surface area contributed by atoms with E-state index in [9.17, 15) is 9.59 Å². The van der Waals surface area contributed by atoms with Gasteiger partial charge < -0.3 is 10.6 Å². The molecule has 0 aliphatic heterocycles. The third kappa shape index (κ3) is 4.00. The molecule has 1 aliphatic rings. The summed E-state index contributed by atoms with van der Waals surface area (Å²) in [4.78, 5) is 30.5. The highest BCUT2D eigenvalue weighted by Crippen LogP contribution is 2.29. The Kier molecular flexibility index (Phi) is 5.25. The number of hydrogen-bond donors (Lipinski definition) is 2. The number of carbonyl (C=O) groups is 2. The van der Waals surface area contributed by atoms with E-state index in [-0.39, 0.29) is 24.4 Å². The molecule has 2 amide bonds. The summed E-state index contributed by atoms with van der Waals surface area (Å²) >= 11 is 1.55. The zero-order valence-electron chi connectivity index (χ0n) is 13.7. The second-order valence-electron chi connectivity index (χ2n) is 5.99. The number of nitrogens with one attached hydrogen (secondary N) is 2. The lowest BCUT2D eigenvalue weighted by Crippen LogP contribution is -2.38. The molecule has 1 atom stereocenters. The highest BCUT2D eigenvalue weighted by molar-refractivity contribution is 7.14. The van der Waals surface area contributed by atoms with E-state index in [0.29, 0.717) is 4.88 Å². The zero-order chi connectivity index (χ0) is 16.9. The summed E-state index contributed by atoms with van der Waals surface area (Å²) < 4.78 is 0. The number of fused-ring (bicyclic) bond motifs is 1. The number of carbonyl (C=O) groups excluding carboxylic acids is 2. The minimum atomic E-state index is -0.220. The number of aryl methyl sites for hydroxylation is 2. The van der Waals surface area contributed by atoms with Gasteiger partial charge in [0, 0.05) is 11.1 Å². The molecule has 2 heterocycles. The Hall–Kier alpha value is -2.21. The van der Waals surface area contributed by atoms with Crippen LogP contribution in [-0.2, 0) is 17.6 Å². The number of rotatable bonds is 5. The molecule has 0 spiro atoms. The van der Waals surface area contributed by atoms with Crippen LogP contribution in [-0.4, -0.2) is 23.3 Å². The molecule has 0 radical (unpaired) electrons. The molecule has 126 valence electrons. The molecule has 1 aliphatic carbocycles. The normalized spacial score (nSPS) is 14.5. The van der Waals surface area contributed by atoms with Crippen LogP contribution < -0.4 is 10.6 Å². The summed E-state index contributed by atoms with van der Waals surface area (Å²) in [6.45, 7) is 1.84. The molecular weight excluding hydrogens is 322 g/mol. The average molecular weight is 343 g/mol. The Morgan fingerprint density at radius 3 is 2.88 bits per heavy atom. The van der Waals surface area contributed by atoms with Gasteiger partial charge in [-0.3, -0.25) is 14.6 Å². The molecule has 0 fully saturated rings. The first kappa shape index (κ1) is 16.6. The monoisotopic (exact) mass is 343 g/mol. The summed E-state index contributed by atoms with van der Waals surface area (Å²) in [5.74, 6) is -0.391. The first-order chi connectivity index (χ1) is 11.6. The van der Waals surface area contributed by atoms with E-state index in [1.54, 1.807) is 17.5 Å². The minimum absolute atomic E-state index is 0.0292. The smallest absolute Gasteiger partial charge is 0.261 e. The van der Waals surface area contributed by atoms with Crippen LogP contribution in [0.5, 0.6) is 0 Å². The van der Waals surface area contributed by atoms with Gasteiger partial charge in [-0.1, -0.05) is 6.07 Å². The minimum Gasteiger partial charge on any atom is -0.346 e. The van der Waals surface area contributed by atoms with Gasteiger partial charge in [-0.2, -0.15) is 0 Å². The maximum atomic E-state index is 12.2. The van der Waals surface area contributed by atoms with Gasteiger partial charge in [-0.05, 0) is 56.4 Å². The second-order valence-corrected chi connectivity index (χ2v) is 7.13. The lowest BCUT2D eigenvalue weighted by Gasteiger charge is -2.13. The molecule has 2 aromatic heterocycles. The van der Waals surface area contributed by atoms with E-state index in [0.717, 1.165) is 18.5 Å². The summed E-state index contributed by atoms with van der Waals surface area (Å²) in [6, 6.07) is 7.36. The number of aromatic nitrogens is 1. The van der Waals surface area contributed by atoms with E-state index in [1.165, 1.54) is 23.3 Å². The molecule has 0 bridgehead atoms. The van der Waals surface area contributed by atoms with Crippen molar-refractivity contribution < 1.29 is 9.59 Å². The van der Waals surface area contributed by atoms with Gasteiger partial charge in [0.1, 0.15) is 0 Å². The average Bonchev–Trinajstić information content (AvgIpc) is 3.04. The Labute approximate surface area is 145 Å². The maximum Gasteiger partial charge on any atom is 0.261 e. The highest BCUT2D eigenvalue weighted by atomic mass is 32.1. The van der Waals surface area contributed by atoms with Crippen LogP contribution in [0.1, 0.15) is 51.6 Å². The third-order valence-corrected chi connectivity index (χ3v) is 5.37. The van der Waals surface area contributed by atoms with Crippen LogP contribution in [0.3, 0.4) is 0 Å². The zero-order valence-corrected chi connectivity index (χ0v) is 14.5. The molecule has 0 saturated heterocycles. The fraction of sp³-hybridized carbons (Fsp3) is 0.389. The topological polar surface area (TPSA) is 71.1 Å². The summed E-state index contributed by atoms with van der Waals surface area (Å²) in [5, 5.41) is 5.54. The van der Waals surface area contributed by atoms with Crippen molar-refractivity contribution in [2.75, 3.05) is 6.54 Å². The molecule has 0 aromatic carbocycles. The van der Waals surface area contributed by atoms with Crippen molar-refractivity contribution in [2.45, 2.75) is 38.6 Å². The Bertz CT molecular complexity index is 704. The molecule has 5 nitrogen and oxygen atoms in total. The maximum absolute atomic E-state index is 12.2. The molecule has 24 heavy (non-hydrogen) atoms. The summed E-state index contributed by atoms with van der Waals surface area (Å²) in [6.07, 6.45) is 6.20. The third-order valence-electron chi connectivity index (χ3n) is 4.14. The van der Waals surface area contributed by atoms with Gasteiger partial charge in [0.15, 0.2) is 0 Å². The number of nitrogens with zero attached hydrogens (tertiary/aromatic N) is 1. The first-order valence-corrected chi connectivity index (χ1v) is 9.05. The molecule has 2 aromatic rings. The first-order valence-electron chi connectivity index (χ1n) is 8.23. The number of thiophene rings is 1. The van der Waals surface area contributed by atoms with Crippen LogP contribution in [0.25, 0.3) is 0 Å². The highest BCUT2D eigenvalue weighted by Gasteiger charge is 2.18. The summed E-state index contributed by atoms with van der Waals surface area (Å²) in [5.41, 5.74) is 2.09. The van der Waals surface area contributed by atoms with Crippen LogP contribution in [0, 0.1) is 0 Å². The molecule has 0 saturated carbocycles. The van der Waals surface area contributed by atoms with Crippen molar-refractivity contribution in [1.82, 2.24) is 15.6 Å². The van der Waals surface area contributed by atoms with E-state index in [1.807, 2.05) is 31.2 Å². The van der Waals surface area contributed by atoms with E-state index >= 15 is 0 Å². The molecular formula is C18H21N3O2S. The largest absolute Gasteiger partial charge is 0.346 e. The van der Waals surface area contributed by atoms with Gasteiger partial charge in [0.05, 0.1) is 23.2 Å². The SMILES string of the molecule is C[C@@H](NC(=O)CNC(=O)c1cc2c(s1)CCCC2)c1ccccn1. The van der Waals surface area contributed by atoms with Crippen LogP contribution in [0.4, 0.5) is 0 Å². The second kappa shape index (κ2) is 7.57. The quantitative estimate of drug-likeness (QED) is 0.877. The van der Waals surface area contributed by atoms with Crippen molar-refractivity contribution in [2.24, 2.45) is 0 Å². The van der Waals surface area contributed by atoms with Gasteiger partial charge in [-0.15, -0.1) is 11.3 Å². The Morgan fingerprint density at radius 1 is 1.29 bits per heavy atom. The predicted molar refractivity (Wildman–Crippen MR) is 94.1 cm³/mol. The lowest BCUT2D eigenvalue weighted by atomic mass is 9.99. The van der Waals surface area contributed by atoms with Gasteiger partial charge >= 0.3 is 0 Å². The molecule has 6 heteroatoms. The van der Waals surface area contributed by atoms with E-state index < -0.39 is 0 Å². The molecule has 2 N–H and O–H groups in total. The molecule has 0 unspecified atom stereocenters. The molecule has 3 rings (SSSR count). The van der Waals surface area contributed by atoms with Crippen LogP contribution in [0.15, 0.2) is 30.5 Å². The number of amides is 2. The summed E-state index contributed by atoms with van der Waals surface area (Å²) in [7, 11) is 0. The van der Waals surface area contributed by atoms with Crippen LogP contribution >= 0.6 is 11.3 Å². The van der Waals surface area contributed by atoms with E-state index in [2.05, 4.69) is 15.6 Å². The Morgan fingerprint density at radius 2 is 2.12 bits per heavy atom. The van der Waals surface area contributed by atoms with Crippen molar-refractivity contribution in [1.29, 1.82) is 0 Å². The predicted octanol–water partition coefficient (Wildman–Crippen LogP) is 2.63. The van der Waals surface area contributed by atoms with Crippen LogP contribution in [0.2, 0.25) is 0 Å². The van der Waals surface area contributed by atoms with Gasteiger partial charge in [0.25, 0.3) is 5.91 Å². The van der Waals surface area contributed by atoms with Gasteiger partial charge in [0.2, 0.25) is 5.91 Å². The fourth-order valence-corrected chi connectivity index (χ4v) is 4.02.